The highest BCUT2D eigenvalue weighted by Gasteiger charge is 2.42. The standard InChI is InChI=1S/C34H38F4N4O5S/c1-4-41(17-22-7-5-21(6-8-22)13-30(44)45)32-27(40-26(16-39-32)29-10-9-28(48-29)20(3)43)18-42-19(2)31(47-33(42)46)24-11-23(15-35)12-25(14-24)34(36,37)38/h9-12,14,16,19,21-22,31H,4-8,13,15,17-18H2,1-3H3,(H,44,45)/t19-,21?,22?,31?/m0/s1. The fraction of sp³-hybridized carbons (Fsp3) is 0.500. The molecule has 1 N–H and O–H groups in total. The highest BCUT2D eigenvalue weighted by Crippen LogP contribution is 2.39. The second-order valence-electron chi connectivity index (χ2n) is 12.5. The molecule has 258 valence electrons. The summed E-state index contributed by atoms with van der Waals surface area (Å²) >= 11 is 1.27. The Morgan fingerprint density at radius 2 is 1.83 bits per heavy atom. The average Bonchev–Trinajstić information content (AvgIpc) is 3.65. The van der Waals surface area contributed by atoms with Crippen molar-refractivity contribution in [2.24, 2.45) is 11.8 Å². The minimum absolute atomic E-state index is 0.0462. The number of rotatable bonds is 12. The molecule has 1 saturated heterocycles. The van der Waals surface area contributed by atoms with Gasteiger partial charge in [0.05, 0.1) is 39.8 Å². The number of carbonyl (C=O) groups is 3. The predicted octanol–water partition coefficient (Wildman–Crippen LogP) is 8.09. The number of anilines is 1. The number of halogens is 4. The minimum atomic E-state index is -4.71. The number of aliphatic carboxylic acids is 1. The van der Waals surface area contributed by atoms with Crippen LogP contribution in [0.15, 0.2) is 36.5 Å². The largest absolute Gasteiger partial charge is 0.481 e. The van der Waals surface area contributed by atoms with Crippen molar-refractivity contribution in [3.05, 3.63) is 63.8 Å². The van der Waals surface area contributed by atoms with E-state index in [2.05, 4.69) is 4.90 Å². The molecule has 0 radical (unpaired) electrons. The lowest BCUT2D eigenvalue weighted by molar-refractivity contribution is -0.139. The molecule has 0 spiro atoms. The predicted molar refractivity (Wildman–Crippen MR) is 171 cm³/mol. The zero-order chi connectivity index (χ0) is 34.7. The number of ketones is 1. The van der Waals surface area contributed by atoms with Crippen molar-refractivity contribution in [3.8, 4) is 10.6 Å². The van der Waals surface area contributed by atoms with Crippen LogP contribution in [0.1, 0.15) is 91.0 Å². The van der Waals surface area contributed by atoms with Gasteiger partial charge < -0.3 is 14.7 Å². The van der Waals surface area contributed by atoms with Crippen LogP contribution in [0, 0.1) is 11.8 Å². The molecule has 48 heavy (non-hydrogen) atoms. The number of nitrogens with zero attached hydrogens (tertiary/aromatic N) is 4. The summed E-state index contributed by atoms with van der Waals surface area (Å²) in [4.78, 5) is 50.9. The molecule has 3 aromatic rings. The summed E-state index contributed by atoms with van der Waals surface area (Å²) < 4.78 is 60.0. The molecule has 1 saturated carbocycles. The molecule has 1 aromatic carbocycles. The smallest absolute Gasteiger partial charge is 0.416 e. The molecule has 9 nitrogen and oxygen atoms in total. The van der Waals surface area contributed by atoms with Gasteiger partial charge in [0.2, 0.25) is 0 Å². The molecule has 1 amide bonds. The van der Waals surface area contributed by atoms with E-state index in [1.54, 1.807) is 25.3 Å². The summed E-state index contributed by atoms with van der Waals surface area (Å²) in [5.74, 6) is 0.117. The first kappa shape index (κ1) is 35.2. The molecule has 2 aliphatic rings. The Bertz CT molecular complexity index is 1660. The number of aromatic nitrogens is 2. The van der Waals surface area contributed by atoms with Crippen molar-refractivity contribution in [2.75, 3.05) is 18.0 Å². The summed E-state index contributed by atoms with van der Waals surface area (Å²) in [6.07, 6.45) is -1.38. The number of benzene rings is 1. The number of hydrogen-bond donors (Lipinski definition) is 1. The third-order valence-corrected chi connectivity index (χ3v) is 10.4. The number of hydrogen-bond acceptors (Lipinski definition) is 8. The van der Waals surface area contributed by atoms with Gasteiger partial charge in [-0.15, -0.1) is 11.3 Å². The SMILES string of the molecule is CCN(CC1CCC(CC(=O)O)CC1)c1ncc(-c2ccc(C(C)=O)s2)nc1CN1C(=O)OC(c2cc(CF)cc(C(F)(F)F)c2)[C@@H]1C. The Hall–Kier alpha value is -4.07. The van der Waals surface area contributed by atoms with Gasteiger partial charge in [-0.2, -0.15) is 13.2 Å². The maximum Gasteiger partial charge on any atom is 0.416 e. The normalized spacial score (nSPS) is 21.3. The number of alkyl halides is 4. The van der Waals surface area contributed by atoms with Crippen molar-refractivity contribution < 1.29 is 41.8 Å². The van der Waals surface area contributed by atoms with Crippen molar-refractivity contribution in [1.29, 1.82) is 0 Å². The monoisotopic (exact) mass is 690 g/mol. The topological polar surface area (TPSA) is 113 Å². The van der Waals surface area contributed by atoms with Gasteiger partial charge in [-0.25, -0.2) is 19.2 Å². The van der Waals surface area contributed by atoms with Gasteiger partial charge in [0.25, 0.3) is 0 Å². The van der Waals surface area contributed by atoms with Crippen LogP contribution in [0.25, 0.3) is 10.6 Å². The molecular formula is C34H38F4N4O5S. The second-order valence-corrected chi connectivity index (χ2v) is 13.6. The van der Waals surface area contributed by atoms with Crippen LogP contribution in [0.2, 0.25) is 0 Å². The van der Waals surface area contributed by atoms with Crippen molar-refractivity contribution in [2.45, 2.75) is 84.4 Å². The van der Waals surface area contributed by atoms with Crippen LogP contribution in [0.3, 0.4) is 0 Å². The maximum atomic E-state index is 13.6. The van der Waals surface area contributed by atoms with Crippen LogP contribution in [-0.2, 0) is 28.9 Å². The van der Waals surface area contributed by atoms with E-state index in [9.17, 15) is 37.1 Å². The van der Waals surface area contributed by atoms with E-state index < -0.39 is 42.6 Å². The van der Waals surface area contributed by atoms with E-state index in [0.717, 1.165) is 37.8 Å². The number of carbonyl (C=O) groups excluding carboxylic acids is 2. The Kier molecular flexibility index (Phi) is 10.7. The van der Waals surface area contributed by atoms with Crippen LogP contribution < -0.4 is 4.90 Å². The number of cyclic esters (lactones) is 1. The lowest BCUT2D eigenvalue weighted by Gasteiger charge is -2.33. The summed E-state index contributed by atoms with van der Waals surface area (Å²) in [5, 5.41) is 9.19. The maximum absolute atomic E-state index is 13.6. The average molecular weight is 691 g/mol. The Morgan fingerprint density at radius 3 is 2.44 bits per heavy atom. The quantitative estimate of drug-likeness (QED) is 0.150. The molecule has 5 rings (SSSR count). The van der Waals surface area contributed by atoms with Gasteiger partial charge in [0.1, 0.15) is 18.5 Å². The zero-order valence-corrected chi connectivity index (χ0v) is 27.7. The van der Waals surface area contributed by atoms with E-state index in [1.165, 1.54) is 29.2 Å². The van der Waals surface area contributed by atoms with Gasteiger partial charge in [0.15, 0.2) is 11.6 Å². The van der Waals surface area contributed by atoms with E-state index in [0.29, 0.717) is 46.0 Å². The van der Waals surface area contributed by atoms with Crippen molar-refractivity contribution in [3.63, 3.8) is 0 Å². The van der Waals surface area contributed by atoms with Gasteiger partial charge in [-0.3, -0.25) is 14.5 Å². The molecule has 1 aliphatic heterocycles. The van der Waals surface area contributed by atoms with Gasteiger partial charge >= 0.3 is 18.2 Å². The molecule has 2 aromatic heterocycles. The molecule has 0 bridgehead atoms. The van der Waals surface area contributed by atoms with E-state index in [-0.39, 0.29) is 35.8 Å². The molecule has 2 fully saturated rings. The van der Waals surface area contributed by atoms with Crippen LogP contribution in [0.4, 0.5) is 28.2 Å². The highest BCUT2D eigenvalue weighted by molar-refractivity contribution is 7.17. The summed E-state index contributed by atoms with van der Waals surface area (Å²) in [7, 11) is 0. The number of thiophene rings is 1. The van der Waals surface area contributed by atoms with Gasteiger partial charge in [-0.05, 0) is 99.7 Å². The fourth-order valence-electron chi connectivity index (χ4n) is 6.56. The highest BCUT2D eigenvalue weighted by atomic mass is 32.1. The fourth-order valence-corrected chi connectivity index (χ4v) is 7.42. The first-order chi connectivity index (χ1) is 22.8. The van der Waals surface area contributed by atoms with Crippen molar-refractivity contribution in [1.82, 2.24) is 14.9 Å². The van der Waals surface area contributed by atoms with Crippen LogP contribution in [-0.4, -0.2) is 57.0 Å². The van der Waals surface area contributed by atoms with Crippen LogP contribution in [0.5, 0.6) is 0 Å². The number of carboxylic acids is 1. The molecular weight excluding hydrogens is 652 g/mol. The Morgan fingerprint density at radius 1 is 1.12 bits per heavy atom. The molecule has 2 atom stereocenters. The Labute approximate surface area is 279 Å². The van der Waals surface area contributed by atoms with Crippen LogP contribution >= 0.6 is 11.3 Å². The lowest BCUT2D eigenvalue weighted by Crippen LogP contribution is -2.36. The van der Waals surface area contributed by atoms with E-state index in [4.69, 9.17) is 14.7 Å². The number of Topliss-reactive ketones (excluding diaryl/α,β-unsaturated/α-hetero) is 1. The Balaban J connectivity index is 1.45. The second kappa shape index (κ2) is 14.6. The molecule has 1 unspecified atom stereocenters. The summed E-state index contributed by atoms with van der Waals surface area (Å²) in [6, 6.07) is 5.68. The summed E-state index contributed by atoms with van der Waals surface area (Å²) in [6.45, 7) is 5.16. The van der Waals surface area contributed by atoms with Gasteiger partial charge in [-0.1, -0.05) is 0 Å². The molecule has 14 heteroatoms. The van der Waals surface area contributed by atoms with Gasteiger partial charge in [0, 0.05) is 19.5 Å². The minimum Gasteiger partial charge on any atom is -0.481 e. The molecule has 3 heterocycles. The third-order valence-electron chi connectivity index (χ3n) is 9.16. The molecule has 1 aliphatic carbocycles. The first-order valence-electron chi connectivity index (χ1n) is 15.9. The summed E-state index contributed by atoms with van der Waals surface area (Å²) in [5.41, 5.74) is -0.196. The number of ether oxygens (including phenoxy) is 1. The van der Waals surface area contributed by atoms with Crippen molar-refractivity contribution >= 4 is 35.0 Å². The first-order valence-corrected chi connectivity index (χ1v) is 16.8. The lowest BCUT2D eigenvalue weighted by atomic mass is 9.80. The number of carboxylic acid groups (broad SMARTS) is 1. The zero-order valence-electron chi connectivity index (χ0n) is 26.9. The number of amides is 1. The van der Waals surface area contributed by atoms with E-state index in [1.807, 2.05) is 6.92 Å². The third kappa shape index (κ3) is 7.96. The van der Waals surface area contributed by atoms with E-state index >= 15 is 0 Å².